The minimum absolute atomic E-state index is 0. The molecule has 46 heteroatoms. The quantitative estimate of drug-likeness (QED) is 0.106. The molecule has 0 amide bonds. The second kappa shape index (κ2) is 36.8. The van der Waals surface area contributed by atoms with Gasteiger partial charge in [-0.1, -0.05) is 105 Å². The fourth-order valence-corrected chi connectivity index (χ4v) is 16.4. The number of hydrogen-bond acceptors (Lipinski definition) is 38. The number of Topliss-reactive ketones (excluding diaryl/α,β-unsaturated/α-hetero) is 1. The first-order chi connectivity index (χ1) is 56.8. The Kier molecular flexibility index (Phi) is 27.4. The number of nitrogens with zero attached hydrogens (tertiary/aromatic N) is 4. The van der Waals surface area contributed by atoms with E-state index in [0.29, 0.717) is 81.8 Å². The second-order valence-electron chi connectivity index (χ2n) is 29.4. The second-order valence-corrected chi connectivity index (χ2v) is 36.0. The predicted molar refractivity (Wildman–Crippen MR) is 430 cm³/mol. The molecule has 120 heavy (non-hydrogen) atoms. The number of nitrogens with one attached hydrogen (secondary N) is 6. The molecule has 16 heterocycles. The number of carbonyl (C=O) groups excluding carboxylic acids is 1. The fourth-order valence-electron chi connectivity index (χ4n) is 16.4. The molecule has 0 saturated carbocycles. The Hall–Kier alpha value is -8.61. The van der Waals surface area contributed by atoms with Crippen LogP contribution in [0.15, 0.2) is 110 Å². The molecule has 0 bridgehead atoms. The Morgan fingerprint density at radius 2 is 0.975 bits per heavy atom. The molecular weight excluding hydrogens is 1660 g/mol. The van der Waals surface area contributed by atoms with Crippen molar-refractivity contribution >= 4 is 97.5 Å². The number of nitrogen functional groups attached to an aromatic ring is 7. The number of anilines is 9. The Morgan fingerprint density at radius 1 is 0.533 bits per heavy atom. The molecule has 4 unspecified atom stereocenters. The van der Waals surface area contributed by atoms with E-state index in [9.17, 15) is 38.8 Å². The summed E-state index contributed by atoms with van der Waals surface area (Å²) in [4.78, 5) is 84.9. The smallest absolute Gasteiger partial charge is 0.394 e. The van der Waals surface area contributed by atoms with Gasteiger partial charge in [0.15, 0.2) is 36.6 Å². The first kappa shape index (κ1) is 89.2. The van der Waals surface area contributed by atoms with Gasteiger partial charge in [-0.2, -0.15) is 19.9 Å². The van der Waals surface area contributed by atoms with Crippen LogP contribution in [0, 0.1) is 23.7 Å². The summed E-state index contributed by atoms with van der Waals surface area (Å²) in [6.07, 6.45) is -7.78. The first-order valence-corrected chi connectivity index (χ1v) is 42.2. The zero-order valence-electron chi connectivity index (χ0n) is 65.0. The van der Waals surface area contributed by atoms with Crippen LogP contribution in [0.1, 0.15) is 81.9 Å². The maximum Gasteiger partial charge on any atom is 1.00 e. The number of carbonyl (C=O) groups is 1. The molecule has 12 aliphatic rings. The maximum absolute atomic E-state index is 12.5. The molecule has 19 atom stereocenters. The van der Waals surface area contributed by atoms with Crippen LogP contribution in [0.25, 0.3) is 0 Å². The van der Waals surface area contributed by atoms with Crippen molar-refractivity contribution in [1.82, 2.24) is 39.9 Å². The van der Waals surface area contributed by atoms with Crippen LogP contribution in [0.3, 0.4) is 0 Å². The highest BCUT2D eigenvalue weighted by Crippen LogP contribution is 2.61. The Labute approximate surface area is 699 Å². The normalized spacial score (nSPS) is 31.6. The minimum atomic E-state index is -3.22. The number of aromatic amines is 4. The van der Waals surface area contributed by atoms with Crippen molar-refractivity contribution in [3.63, 3.8) is 0 Å². The average Bonchev–Trinajstić information content (AvgIpc) is 1.71. The molecular formula is C74H96Cl3N17O25P+. The number of halogens is 3. The zero-order chi connectivity index (χ0) is 84.6. The van der Waals surface area contributed by atoms with E-state index in [4.69, 9.17) is 121 Å². The van der Waals surface area contributed by atoms with Gasteiger partial charge in [-0.15, -0.1) is 0 Å². The number of hydrogen-bond donors (Lipinski definition) is 16. The Balaban J connectivity index is 0.000000140. The Bertz CT molecular complexity index is 5040. The largest absolute Gasteiger partial charge is 1.00 e. The van der Waals surface area contributed by atoms with Crippen molar-refractivity contribution in [3.8, 4) is 0 Å². The van der Waals surface area contributed by atoms with Crippen LogP contribution in [-0.4, -0.2) is 218 Å². The van der Waals surface area contributed by atoms with Crippen molar-refractivity contribution in [2.45, 2.75) is 157 Å². The van der Waals surface area contributed by atoms with Crippen LogP contribution in [0.2, 0.25) is 0 Å². The number of aliphatic hydroxyl groups excluding tert-OH is 2. The van der Waals surface area contributed by atoms with Gasteiger partial charge in [0.25, 0.3) is 22.2 Å². The topological polar surface area (TPSA) is 632 Å². The first-order valence-electron chi connectivity index (χ1n) is 37.8. The third-order valence-corrected chi connectivity index (χ3v) is 22.0. The number of aromatic nitrogens is 8. The van der Waals surface area contributed by atoms with Gasteiger partial charge in [0.2, 0.25) is 46.9 Å². The lowest BCUT2D eigenvalue weighted by molar-refractivity contribution is -0.464. The molecule has 19 rings (SSSR count). The number of rotatable bonds is 6. The van der Waals surface area contributed by atoms with Crippen LogP contribution in [-0.2, 0) is 104 Å². The third kappa shape index (κ3) is 18.5. The van der Waals surface area contributed by atoms with Gasteiger partial charge in [-0.3, -0.25) is 48.5 Å². The number of ketones is 1. The molecule has 3 aromatic carbocycles. The van der Waals surface area contributed by atoms with Gasteiger partial charge in [-0.05, 0) is 66.8 Å². The highest BCUT2D eigenvalue weighted by Gasteiger charge is 2.68. The van der Waals surface area contributed by atoms with Crippen molar-refractivity contribution in [2.75, 3.05) is 117 Å². The monoisotopic (exact) mass is 1760 g/mol. The molecule has 0 radical (unpaired) electrons. The summed E-state index contributed by atoms with van der Waals surface area (Å²) < 4.78 is 106. The number of aliphatic hydroxyl groups is 3. The number of ether oxygens (including phenoxy) is 16. The van der Waals surface area contributed by atoms with Crippen molar-refractivity contribution in [1.29, 1.82) is 0 Å². The maximum atomic E-state index is 12.5. The van der Waals surface area contributed by atoms with Crippen LogP contribution in [0.5, 0.6) is 0 Å². The molecule has 23 N–H and O–H groups in total. The summed E-state index contributed by atoms with van der Waals surface area (Å²) in [6.45, 7) is 8.66. The SMILES string of the molecule is C.CC1O[C@]2(O)COC(c3ccccc3)O[C@@H]2C2(OCCO2)[C@H]1C.C[C@@H]1O[C@@H]2COC(c3ccccc3)O[C@@H]2C2(OCCO2)[C@@H]1Cc1c(N)nc(N)[nH]c1=O.Nc1nc(N)c(N)c(=O)[nH]1.Nc1nc2c(c(=O)[nH]1)C[C@@H]1[C@H](N2)O[C@@H]2COC(c3ccccc3)O[C@@H]2C12OCCO2.Nc1nc2c(c(=O)[nH]1)C[C@H]1C(=O)[C@@H](O)[C@@H](CO)O[C@H]1N2.O=P(Cl)(Cl)Cl.[H+]. The number of nitrogens with two attached hydrogens (primary N) is 7. The zero-order valence-corrected chi connectivity index (χ0v) is 67.1. The van der Waals surface area contributed by atoms with E-state index in [-0.39, 0.29) is 122 Å². The van der Waals surface area contributed by atoms with Crippen LogP contribution >= 0.6 is 38.9 Å². The van der Waals surface area contributed by atoms with Gasteiger partial charge in [0.1, 0.15) is 78.8 Å². The minimum Gasteiger partial charge on any atom is -0.394 e. The third-order valence-electron chi connectivity index (χ3n) is 22.0. The van der Waals surface area contributed by atoms with Crippen LogP contribution < -0.4 is 73.0 Å². The van der Waals surface area contributed by atoms with Gasteiger partial charge in [-0.25, -0.2) is 0 Å². The lowest BCUT2D eigenvalue weighted by Gasteiger charge is -2.56. The predicted octanol–water partition coefficient (Wildman–Crippen LogP) is 2.50. The fraction of sp³-hybridized carbons (Fsp3) is 0.527. The van der Waals surface area contributed by atoms with E-state index >= 15 is 0 Å². The van der Waals surface area contributed by atoms with Crippen molar-refractivity contribution < 1.29 is 102 Å². The van der Waals surface area contributed by atoms with Gasteiger partial charge in [0.05, 0.1) is 100 Å². The molecule has 652 valence electrons. The van der Waals surface area contributed by atoms with Gasteiger partial charge < -0.3 is 142 Å². The molecule has 42 nitrogen and oxygen atoms in total. The number of fused-ring (bicyclic) bond motifs is 11. The summed E-state index contributed by atoms with van der Waals surface area (Å²) in [5.74, 6) is -5.99. The summed E-state index contributed by atoms with van der Waals surface area (Å²) in [5.41, 5.74) is 40.4. The van der Waals surface area contributed by atoms with E-state index < -0.39 is 126 Å². The standard InChI is InChI=1S/C21H26N4O6.C20H22N4O6.C17H22O6.C11H14N4O5.C4H7N5O.CH4.Cl3OP/c1-11-14(9-13-17(22)24-20(23)25-18(13)26)21(28-7-8-29-21)16-15(30-11)10-27-19(31-16)12-5-3-2-4-6-12;21-19-23-15-11(16(25)24-19)8-12-17(22-15)29-13-9-26-18(10-4-2-1-3-5-10)30-14(13)20(12)27-6-7-28-20;1-11-12(2)23-16(18)10-19-14(13-6-4-3-5-7-13)22-15(16)17(11)20-8-9-21-17;12-11-14-8-4(9(19)15-11)1-3-6(17)7(18)5(2-16)20-10(3)13-8;5-1-2(6)8-4(7)9-3(1)10;;1-5(2,3)4/h2-6,11,14-16,19H,7-10H2,1H3,(H5,22,23,24,25,26);1-5,12-14,17-18H,6-9H2,(H4,21,22,23,24,25);3-7,11-12,14-15,18H,8-10H2,1-2H3;3,5,7,10,16,18H,1-2H2,(H4,12,13,14,15,19);5H2,(H5,6,7,8,9,10);1H4;/p+1/t11-,14+,15+,16-,19?;12-,13-,14+,17-,18?;11-,12?,14?,15-,16+;3-,5+,7-,10+;;;/m0100.../s1. The molecule has 4 aromatic heterocycles. The van der Waals surface area contributed by atoms with E-state index in [0.717, 1.165) is 16.7 Å². The summed E-state index contributed by atoms with van der Waals surface area (Å²) >= 11 is 13.8. The molecule has 3 spiro atoms. The molecule has 10 fully saturated rings. The number of H-pyrrole nitrogens is 4. The van der Waals surface area contributed by atoms with E-state index in [1.807, 2.05) is 112 Å². The lowest BCUT2D eigenvalue weighted by atomic mass is 9.79. The average molecular weight is 1760 g/mol. The van der Waals surface area contributed by atoms with E-state index in [2.05, 4.69) is 84.2 Å². The number of benzene rings is 3. The van der Waals surface area contributed by atoms with Crippen molar-refractivity contribution in [2.24, 2.45) is 23.7 Å². The summed E-state index contributed by atoms with van der Waals surface area (Å²) in [5, 5.41) is 32.6. The highest BCUT2D eigenvalue weighted by atomic mass is 36.0. The van der Waals surface area contributed by atoms with Gasteiger partial charge in [0, 0.05) is 28.5 Å². The molecule has 10 saturated heterocycles. The highest BCUT2D eigenvalue weighted by molar-refractivity contribution is 8.24. The van der Waals surface area contributed by atoms with E-state index in [1.165, 1.54) is 0 Å². The van der Waals surface area contributed by atoms with E-state index in [1.54, 1.807) is 0 Å². The lowest BCUT2D eigenvalue weighted by Crippen LogP contribution is -2.72. The molecule has 0 aliphatic carbocycles. The summed E-state index contributed by atoms with van der Waals surface area (Å²) in [6, 6.07) is 29.0. The molecule has 7 aromatic rings. The van der Waals surface area contributed by atoms with Crippen LogP contribution in [0.4, 0.5) is 52.8 Å². The molecule has 12 aliphatic heterocycles. The van der Waals surface area contributed by atoms with Gasteiger partial charge >= 0.3 is 6.63 Å². The summed E-state index contributed by atoms with van der Waals surface area (Å²) in [7, 11) is 0. The van der Waals surface area contributed by atoms with Crippen molar-refractivity contribution in [3.05, 3.63) is 166 Å². The Morgan fingerprint density at radius 3 is 1.48 bits per heavy atom.